The molecule has 0 rings (SSSR count). The Balaban J connectivity index is 3.02. The van der Waals surface area contributed by atoms with Crippen LogP contribution < -0.4 is 0 Å². The van der Waals surface area contributed by atoms with Gasteiger partial charge in [0.15, 0.2) is 0 Å². The number of unbranched alkanes of at least 4 members (excludes halogenated alkanes) is 2. The Morgan fingerprint density at radius 2 is 1.73 bits per heavy atom. The number of hydrogen-bond donors (Lipinski definition) is 0. The van der Waals surface area contributed by atoms with Gasteiger partial charge >= 0.3 is 0 Å². The molecule has 0 saturated heterocycles. The Bertz CT molecular complexity index is 71.3. The van der Waals surface area contributed by atoms with E-state index in [-0.39, 0.29) is 0 Å². The Labute approximate surface area is 79.9 Å². The summed E-state index contributed by atoms with van der Waals surface area (Å²) < 4.78 is 0. The van der Waals surface area contributed by atoms with Crippen molar-refractivity contribution in [2.45, 2.75) is 52.4 Å². The van der Waals surface area contributed by atoms with Gasteiger partial charge in [0, 0.05) is 5.33 Å². The molecular formula is C10H21Br. The van der Waals surface area contributed by atoms with E-state index in [0.717, 1.165) is 5.92 Å². The fraction of sp³-hybridized carbons (Fsp3) is 1.00. The molecule has 0 nitrogen and oxygen atoms in total. The van der Waals surface area contributed by atoms with E-state index in [1.807, 2.05) is 0 Å². The lowest BCUT2D eigenvalue weighted by Crippen LogP contribution is -1.94. The lowest BCUT2D eigenvalue weighted by Gasteiger charge is -2.08. The van der Waals surface area contributed by atoms with E-state index in [0.29, 0.717) is 0 Å². The molecule has 0 aromatic carbocycles. The molecule has 0 unspecified atom stereocenters. The first-order valence-electron chi connectivity index (χ1n) is 4.87. The fourth-order valence-electron chi connectivity index (χ4n) is 1.28. The van der Waals surface area contributed by atoms with Crippen LogP contribution in [0.4, 0.5) is 0 Å². The van der Waals surface area contributed by atoms with Crippen LogP contribution in [0.15, 0.2) is 0 Å². The predicted molar refractivity (Wildman–Crippen MR) is 56.3 cm³/mol. The van der Waals surface area contributed by atoms with Gasteiger partial charge < -0.3 is 0 Å². The molecule has 0 fully saturated rings. The van der Waals surface area contributed by atoms with E-state index in [9.17, 15) is 0 Å². The van der Waals surface area contributed by atoms with Crippen LogP contribution in [-0.2, 0) is 0 Å². The van der Waals surface area contributed by atoms with Gasteiger partial charge in [0.1, 0.15) is 0 Å². The van der Waals surface area contributed by atoms with E-state index in [1.54, 1.807) is 0 Å². The van der Waals surface area contributed by atoms with Gasteiger partial charge in [-0.25, -0.2) is 0 Å². The third kappa shape index (κ3) is 8.39. The van der Waals surface area contributed by atoms with E-state index in [4.69, 9.17) is 0 Å². The van der Waals surface area contributed by atoms with Gasteiger partial charge in [-0.05, 0) is 12.3 Å². The lowest BCUT2D eigenvalue weighted by molar-refractivity contribution is 0.455. The molecule has 0 radical (unpaired) electrons. The zero-order valence-corrected chi connectivity index (χ0v) is 9.49. The average molecular weight is 221 g/mol. The van der Waals surface area contributed by atoms with E-state index in [1.165, 1.54) is 43.9 Å². The fourth-order valence-corrected chi connectivity index (χ4v) is 1.68. The summed E-state index contributed by atoms with van der Waals surface area (Å²) in [4.78, 5) is 0. The SMILES string of the molecule is CCCC[C@@H](C)CCCCBr. The van der Waals surface area contributed by atoms with Gasteiger partial charge in [0.05, 0.1) is 0 Å². The molecule has 0 bridgehead atoms. The maximum absolute atomic E-state index is 3.45. The number of alkyl halides is 1. The molecule has 0 aliphatic rings. The summed E-state index contributed by atoms with van der Waals surface area (Å²) in [6.07, 6.45) is 8.36. The van der Waals surface area contributed by atoms with Gasteiger partial charge in [-0.3, -0.25) is 0 Å². The maximum Gasteiger partial charge on any atom is 0.00313 e. The van der Waals surface area contributed by atoms with Crippen LogP contribution in [0.3, 0.4) is 0 Å². The van der Waals surface area contributed by atoms with Crippen molar-refractivity contribution >= 4 is 15.9 Å². The van der Waals surface area contributed by atoms with Crippen molar-refractivity contribution in [3.05, 3.63) is 0 Å². The molecule has 0 aliphatic heterocycles. The largest absolute Gasteiger partial charge is 0.0928 e. The molecule has 0 saturated carbocycles. The molecule has 0 aromatic rings. The summed E-state index contributed by atoms with van der Waals surface area (Å²) in [5.41, 5.74) is 0. The molecule has 1 heteroatoms. The summed E-state index contributed by atoms with van der Waals surface area (Å²) in [5.74, 6) is 0.953. The summed E-state index contributed by atoms with van der Waals surface area (Å²) >= 11 is 3.45. The van der Waals surface area contributed by atoms with Crippen molar-refractivity contribution in [1.29, 1.82) is 0 Å². The Kier molecular flexibility index (Phi) is 8.95. The second-order valence-electron chi connectivity index (χ2n) is 3.43. The highest BCUT2D eigenvalue weighted by Gasteiger charge is 1.99. The number of halogens is 1. The molecule has 11 heavy (non-hydrogen) atoms. The summed E-state index contributed by atoms with van der Waals surface area (Å²) in [5, 5.41) is 1.17. The molecule has 0 amide bonds. The normalized spacial score (nSPS) is 13.4. The zero-order valence-electron chi connectivity index (χ0n) is 7.91. The minimum absolute atomic E-state index is 0.953. The summed E-state index contributed by atoms with van der Waals surface area (Å²) in [6.45, 7) is 4.65. The topological polar surface area (TPSA) is 0 Å². The van der Waals surface area contributed by atoms with Gasteiger partial charge in [0.25, 0.3) is 0 Å². The second-order valence-corrected chi connectivity index (χ2v) is 4.23. The second kappa shape index (κ2) is 8.58. The molecule has 0 aromatic heterocycles. The maximum atomic E-state index is 3.45. The minimum atomic E-state index is 0.953. The van der Waals surface area contributed by atoms with E-state index < -0.39 is 0 Å². The van der Waals surface area contributed by atoms with Crippen LogP contribution in [-0.4, -0.2) is 5.33 Å². The van der Waals surface area contributed by atoms with Gasteiger partial charge in [-0.2, -0.15) is 0 Å². The van der Waals surface area contributed by atoms with Crippen molar-refractivity contribution in [2.24, 2.45) is 5.92 Å². The molecule has 0 spiro atoms. The van der Waals surface area contributed by atoms with Crippen LogP contribution in [0.25, 0.3) is 0 Å². The Hall–Kier alpha value is 0.480. The monoisotopic (exact) mass is 220 g/mol. The highest BCUT2D eigenvalue weighted by atomic mass is 79.9. The first-order chi connectivity index (χ1) is 5.31. The smallest absolute Gasteiger partial charge is 0.00313 e. The van der Waals surface area contributed by atoms with Crippen molar-refractivity contribution in [2.75, 3.05) is 5.33 Å². The quantitative estimate of drug-likeness (QED) is 0.442. The summed E-state index contributed by atoms with van der Waals surface area (Å²) in [7, 11) is 0. The Morgan fingerprint density at radius 3 is 2.27 bits per heavy atom. The summed E-state index contributed by atoms with van der Waals surface area (Å²) in [6, 6.07) is 0. The average Bonchev–Trinajstić information content (AvgIpc) is 2.01. The minimum Gasteiger partial charge on any atom is -0.0928 e. The zero-order chi connectivity index (χ0) is 8.53. The molecule has 68 valence electrons. The van der Waals surface area contributed by atoms with Gasteiger partial charge in [0.2, 0.25) is 0 Å². The third-order valence-corrected chi connectivity index (χ3v) is 2.69. The molecular weight excluding hydrogens is 200 g/mol. The van der Waals surface area contributed by atoms with Crippen LogP contribution >= 0.6 is 15.9 Å². The van der Waals surface area contributed by atoms with E-state index >= 15 is 0 Å². The highest BCUT2D eigenvalue weighted by Crippen LogP contribution is 2.15. The van der Waals surface area contributed by atoms with Crippen molar-refractivity contribution in [3.63, 3.8) is 0 Å². The van der Waals surface area contributed by atoms with Crippen LogP contribution in [0.2, 0.25) is 0 Å². The Morgan fingerprint density at radius 1 is 1.09 bits per heavy atom. The lowest BCUT2D eigenvalue weighted by atomic mass is 9.98. The molecule has 0 N–H and O–H groups in total. The molecule has 1 atom stereocenters. The first kappa shape index (κ1) is 11.5. The van der Waals surface area contributed by atoms with Crippen molar-refractivity contribution in [1.82, 2.24) is 0 Å². The van der Waals surface area contributed by atoms with Gasteiger partial charge in [-0.15, -0.1) is 0 Å². The molecule has 0 heterocycles. The standard InChI is InChI=1S/C10H21Br/c1-3-4-7-10(2)8-5-6-9-11/h10H,3-9H2,1-2H3/t10-/m1/s1. The van der Waals surface area contributed by atoms with Crippen LogP contribution in [0.1, 0.15) is 52.4 Å². The van der Waals surface area contributed by atoms with Gasteiger partial charge in [-0.1, -0.05) is 61.9 Å². The third-order valence-electron chi connectivity index (χ3n) is 2.13. The first-order valence-corrected chi connectivity index (χ1v) is 5.99. The number of hydrogen-bond acceptors (Lipinski definition) is 0. The predicted octanol–water partition coefficient (Wildman–Crippen LogP) is 4.38. The van der Waals surface area contributed by atoms with Crippen LogP contribution in [0.5, 0.6) is 0 Å². The van der Waals surface area contributed by atoms with Crippen LogP contribution in [0, 0.1) is 5.92 Å². The van der Waals surface area contributed by atoms with Crippen molar-refractivity contribution < 1.29 is 0 Å². The highest BCUT2D eigenvalue weighted by molar-refractivity contribution is 9.09. The number of rotatable bonds is 7. The van der Waals surface area contributed by atoms with Crippen molar-refractivity contribution in [3.8, 4) is 0 Å². The molecule has 0 aliphatic carbocycles. The van der Waals surface area contributed by atoms with E-state index in [2.05, 4.69) is 29.8 Å².